The summed E-state index contributed by atoms with van der Waals surface area (Å²) in [5, 5.41) is 17.3. The number of carboxylic acid groups (broad SMARTS) is 1. The van der Waals surface area contributed by atoms with Crippen LogP contribution in [0.2, 0.25) is 0 Å². The number of nitriles is 1. The van der Waals surface area contributed by atoms with E-state index in [0.717, 1.165) is 0 Å². The summed E-state index contributed by atoms with van der Waals surface area (Å²) in [5.74, 6) is -1.96. The molecule has 0 saturated heterocycles. The third-order valence-corrected chi connectivity index (χ3v) is 1.85. The van der Waals surface area contributed by atoms with Gasteiger partial charge in [-0.15, -0.1) is 0 Å². The van der Waals surface area contributed by atoms with Crippen LogP contribution >= 0.6 is 0 Å². The van der Waals surface area contributed by atoms with E-state index >= 15 is 0 Å². The molecule has 1 aromatic rings. The maximum atomic E-state index is 13.2. The molecule has 0 saturated carbocycles. The van der Waals surface area contributed by atoms with Gasteiger partial charge in [0.25, 0.3) is 0 Å². The summed E-state index contributed by atoms with van der Waals surface area (Å²) < 4.78 is 13.2. The highest BCUT2D eigenvalue weighted by Crippen LogP contribution is 2.17. The number of rotatable bonds is 1. The minimum atomic E-state index is -1.33. The molecule has 14 heavy (non-hydrogen) atoms. The molecule has 1 aromatic heterocycles. The van der Waals surface area contributed by atoms with E-state index in [1.807, 2.05) is 0 Å². The molecule has 1 heterocycles. The van der Waals surface area contributed by atoms with Crippen LogP contribution in [0.1, 0.15) is 27.3 Å². The van der Waals surface area contributed by atoms with E-state index in [4.69, 9.17) is 10.4 Å². The van der Waals surface area contributed by atoms with Gasteiger partial charge in [-0.2, -0.15) is 5.26 Å². The fourth-order valence-corrected chi connectivity index (χ4v) is 1.12. The first-order chi connectivity index (χ1) is 6.49. The van der Waals surface area contributed by atoms with Gasteiger partial charge in [-0.05, 0) is 13.8 Å². The summed E-state index contributed by atoms with van der Waals surface area (Å²) in [6.07, 6.45) is 0. The fourth-order valence-electron chi connectivity index (χ4n) is 1.12. The highest BCUT2D eigenvalue weighted by molar-refractivity contribution is 5.88. The topological polar surface area (TPSA) is 74.0 Å². The molecule has 0 bridgehead atoms. The first-order valence-electron chi connectivity index (χ1n) is 3.79. The third kappa shape index (κ3) is 1.42. The Morgan fingerprint density at radius 3 is 2.57 bits per heavy atom. The van der Waals surface area contributed by atoms with Gasteiger partial charge in [0.05, 0.1) is 11.3 Å². The van der Waals surface area contributed by atoms with Crippen molar-refractivity contribution in [2.75, 3.05) is 0 Å². The number of carbonyl (C=O) groups is 1. The lowest BCUT2D eigenvalue weighted by molar-refractivity contribution is 0.0689. The van der Waals surface area contributed by atoms with Crippen molar-refractivity contribution < 1.29 is 14.3 Å². The molecule has 0 amide bonds. The van der Waals surface area contributed by atoms with E-state index in [-0.39, 0.29) is 16.8 Å². The Morgan fingerprint density at radius 1 is 1.57 bits per heavy atom. The lowest BCUT2D eigenvalue weighted by atomic mass is 10.1. The quantitative estimate of drug-likeness (QED) is 0.733. The molecule has 0 unspecified atom stereocenters. The van der Waals surface area contributed by atoms with Gasteiger partial charge >= 0.3 is 5.97 Å². The van der Waals surface area contributed by atoms with Crippen LogP contribution < -0.4 is 0 Å². The zero-order valence-corrected chi connectivity index (χ0v) is 7.63. The molecule has 0 aliphatic rings. The summed E-state index contributed by atoms with van der Waals surface area (Å²) in [6.45, 7) is 2.71. The Hall–Kier alpha value is -1.96. The maximum absolute atomic E-state index is 13.2. The number of aromatic nitrogens is 1. The number of hydrogen-bond acceptors (Lipinski definition) is 3. The minimum absolute atomic E-state index is 0.0149. The number of carboxylic acids is 1. The van der Waals surface area contributed by atoms with Crippen molar-refractivity contribution in [2.45, 2.75) is 13.8 Å². The lowest BCUT2D eigenvalue weighted by Gasteiger charge is -2.05. The van der Waals surface area contributed by atoms with Crippen molar-refractivity contribution in [1.82, 2.24) is 4.98 Å². The number of halogens is 1. The van der Waals surface area contributed by atoms with Crippen LogP contribution in [0.4, 0.5) is 4.39 Å². The van der Waals surface area contributed by atoms with Crippen molar-refractivity contribution >= 4 is 5.97 Å². The van der Waals surface area contributed by atoms with Crippen LogP contribution in [0.3, 0.4) is 0 Å². The number of aromatic carboxylic acids is 1. The molecular formula is C9H7FN2O2. The molecular weight excluding hydrogens is 187 g/mol. The van der Waals surface area contributed by atoms with Crippen molar-refractivity contribution in [2.24, 2.45) is 0 Å². The van der Waals surface area contributed by atoms with Crippen LogP contribution in [0, 0.1) is 31.0 Å². The minimum Gasteiger partial charge on any atom is -0.476 e. The molecule has 0 aliphatic heterocycles. The SMILES string of the molecule is Cc1nc(C(=O)O)c(C#N)c(C)c1F. The first-order valence-corrected chi connectivity index (χ1v) is 3.79. The molecule has 4 nitrogen and oxygen atoms in total. The monoisotopic (exact) mass is 194 g/mol. The van der Waals surface area contributed by atoms with Gasteiger partial charge in [-0.3, -0.25) is 0 Å². The molecule has 0 fully saturated rings. The standard InChI is InChI=1S/C9H7FN2O2/c1-4-6(3-11)8(9(13)14)12-5(2)7(4)10/h1-2H3,(H,13,14). The molecule has 0 atom stereocenters. The van der Waals surface area contributed by atoms with E-state index in [0.29, 0.717) is 0 Å². The zero-order valence-electron chi connectivity index (χ0n) is 7.63. The number of nitrogens with zero attached hydrogens (tertiary/aromatic N) is 2. The van der Waals surface area contributed by atoms with Crippen LogP contribution in [-0.4, -0.2) is 16.1 Å². The van der Waals surface area contributed by atoms with Crippen LogP contribution in [0.25, 0.3) is 0 Å². The van der Waals surface area contributed by atoms with E-state index in [1.165, 1.54) is 13.8 Å². The summed E-state index contributed by atoms with van der Waals surface area (Å²) >= 11 is 0. The second kappa shape index (κ2) is 3.42. The van der Waals surface area contributed by atoms with Crippen LogP contribution in [-0.2, 0) is 0 Å². The largest absolute Gasteiger partial charge is 0.476 e. The van der Waals surface area contributed by atoms with Crippen molar-refractivity contribution in [3.63, 3.8) is 0 Å². The molecule has 72 valence electrons. The van der Waals surface area contributed by atoms with Crippen molar-refractivity contribution in [3.8, 4) is 6.07 Å². The highest BCUT2D eigenvalue weighted by atomic mass is 19.1. The summed E-state index contributed by atoms with van der Waals surface area (Å²) in [7, 11) is 0. The van der Waals surface area contributed by atoms with E-state index < -0.39 is 17.5 Å². The molecule has 1 rings (SSSR count). The average molecular weight is 194 g/mol. The second-order valence-corrected chi connectivity index (χ2v) is 2.78. The van der Waals surface area contributed by atoms with E-state index in [1.54, 1.807) is 6.07 Å². The summed E-state index contributed by atoms with van der Waals surface area (Å²) in [4.78, 5) is 14.2. The Morgan fingerprint density at radius 2 is 2.14 bits per heavy atom. The molecule has 0 aromatic carbocycles. The van der Waals surface area contributed by atoms with Gasteiger partial charge < -0.3 is 5.11 Å². The van der Waals surface area contributed by atoms with Gasteiger partial charge in [0.15, 0.2) is 5.69 Å². The Balaban J connectivity index is 3.62. The molecule has 0 aliphatic carbocycles. The molecule has 0 radical (unpaired) electrons. The van der Waals surface area contributed by atoms with Crippen LogP contribution in [0.5, 0.6) is 0 Å². The van der Waals surface area contributed by atoms with E-state index in [9.17, 15) is 9.18 Å². The van der Waals surface area contributed by atoms with Gasteiger partial charge in [0.2, 0.25) is 0 Å². The number of pyridine rings is 1. The molecule has 1 N–H and O–H groups in total. The fraction of sp³-hybridized carbons (Fsp3) is 0.222. The smallest absolute Gasteiger partial charge is 0.355 e. The second-order valence-electron chi connectivity index (χ2n) is 2.78. The zero-order chi connectivity index (χ0) is 10.9. The summed E-state index contributed by atoms with van der Waals surface area (Å²) in [6, 6.07) is 1.63. The van der Waals surface area contributed by atoms with Crippen molar-refractivity contribution in [1.29, 1.82) is 5.26 Å². The van der Waals surface area contributed by atoms with Crippen molar-refractivity contribution in [3.05, 3.63) is 28.3 Å². The summed E-state index contributed by atoms with van der Waals surface area (Å²) in [5.41, 5.74) is -0.610. The van der Waals surface area contributed by atoms with Gasteiger partial charge in [0, 0.05) is 5.56 Å². The van der Waals surface area contributed by atoms with Gasteiger partial charge in [-0.1, -0.05) is 0 Å². The molecule has 5 heteroatoms. The predicted molar refractivity (Wildman–Crippen MR) is 45.3 cm³/mol. The van der Waals surface area contributed by atoms with Crippen LogP contribution in [0.15, 0.2) is 0 Å². The van der Waals surface area contributed by atoms with Gasteiger partial charge in [-0.25, -0.2) is 14.2 Å². The number of hydrogen-bond donors (Lipinski definition) is 1. The highest BCUT2D eigenvalue weighted by Gasteiger charge is 2.18. The third-order valence-electron chi connectivity index (χ3n) is 1.85. The predicted octanol–water partition coefficient (Wildman–Crippen LogP) is 1.41. The average Bonchev–Trinajstić information content (AvgIpc) is 2.13. The lowest BCUT2D eigenvalue weighted by Crippen LogP contribution is -2.09. The Kier molecular flexibility index (Phi) is 2.47. The van der Waals surface area contributed by atoms with Gasteiger partial charge in [0.1, 0.15) is 11.9 Å². The Bertz CT molecular complexity index is 449. The normalized spacial score (nSPS) is 9.57. The number of aryl methyl sites for hydroxylation is 1. The maximum Gasteiger partial charge on any atom is 0.355 e. The molecule has 0 spiro atoms. The van der Waals surface area contributed by atoms with E-state index in [2.05, 4.69) is 4.98 Å². The Labute approximate surface area is 79.6 Å². The first kappa shape index (κ1) is 10.1.